The molecule has 2 heterocycles. The van der Waals surface area contributed by atoms with Gasteiger partial charge in [-0.2, -0.15) is 0 Å². The number of unbranched alkanes of at least 4 members (excludes halogenated alkanes) is 5. The fourth-order valence-corrected chi connectivity index (χ4v) is 5.75. The van der Waals surface area contributed by atoms with Gasteiger partial charge in [0.1, 0.15) is 6.04 Å². The Labute approximate surface area is 278 Å². The van der Waals surface area contributed by atoms with Gasteiger partial charge in [0.05, 0.1) is 11.1 Å². The number of carbonyl (C=O) groups is 7. The van der Waals surface area contributed by atoms with Crippen LogP contribution in [0.4, 0.5) is 17.1 Å². The Balaban J connectivity index is 1.14. The quantitative estimate of drug-likeness (QED) is 0.0729. The van der Waals surface area contributed by atoms with Crippen LogP contribution < -0.4 is 26.3 Å². The molecule has 7 amide bonds. The smallest absolute Gasteiger partial charge is 0.264 e. The number of carbonyl (C=O) groups excluding carboxylic acids is 7. The SMILES string of the molecule is CN(C(=O)CCCCCNc1cccc2c1C(=O)N(C1CCC(=O)NC1=O)C2=O)c1ccc(NC(=O)CCCCCCC(=O)NO)cc1. The van der Waals surface area contributed by atoms with Crippen molar-refractivity contribution in [1.29, 1.82) is 0 Å². The van der Waals surface area contributed by atoms with Gasteiger partial charge in [-0.3, -0.25) is 49.0 Å². The Morgan fingerprint density at radius 1 is 0.854 bits per heavy atom. The van der Waals surface area contributed by atoms with E-state index in [0.29, 0.717) is 55.7 Å². The number of piperidine rings is 1. The van der Waals surface area contributed by atoms with Gasteiger partial charge in [-0.05, 0) is 68.5 Å². The maximum absolute atomic E-state index is 13.2. The molecule has 48 heavy (non-hydrogen) atoms. The zero-order valence-corrected chi connectivity index (χ0v) is 27.0. The first-order valence-corrected chi connectivity index (χ1v) is 16.3. The van der Waals surface area contributed by atoms with Gasteiger partial charge < -0.3 is 15.5 Å². The third kappa shape index (κ3) is 9.25. The molecule has 5 N–H and O–H groups in total. The van der Waals surface area contributed by atoms with E-state index in [4.69, 9.17) is 5.21 Å². The third-order valence-corrected chi connectivity index (χ3v) is 8.45. The molecule has 1 fully saturated rings. The van der Waals surface area contributed by atoms with Crippen molar-refractivity contribution < 1.29 is 38.8 Å². The van der Waals surface area contributed by atoms with Crippen molar-refractivity contribution in [2.75, 3.05) is 29.1 Å². The summed E-state index contributed by atoms with van der Waals surface area (Å²) in [7, 11) is 1.70. The molecular formula is C34H42N6O8. The fraction of sp³-hybridized carbons (Fsp3) is 0.441. The number of hydrogen-bond donors (Lipinski definition) is 5. The predicted molar refractivity (Wildman–Crippen MR) is 176 cm³/mol. The van der Waals surface area contributed by atoms with E-state index in [1.54, 1.807) is 59.9 Å². The lowest BCUT2D eigenvalue weighted by atomic mass is 10.0. The largest absolute Gasteiger partial charge is 0.384 e. The van der Waals surface area contributed by atoms with E-state index in [1.807, 2.05) is 0 Å². The Morgan fingerprint density at radius 3 is 2.21 bits per heavy atom. The molecule has 1 saturated heterocycles. The fourth-order valence-electron chi connectivity index (χ4n) is 5.75. The minimum atomic E-state index is -1.02. The molecule has 1 atom stereocenters. The van der Waals surface area contributed by atoms with Crippen LogP contribution in [0.1, 0.15) is 97.8 Å². The van der Waals surface area contributed by atoms with Crippen LogP contribution in [-0.4, -0.2) is 71.1 Å². The zero-order chi connectivity index (χ0) is 34.6. The lowest BCUT2D eigenvalue weighted by Crippen LogP contribution is -2.54. The van der Waals surface area contributed by atoms with Crippen LogP contribution in [0, 0.1) is 0 Å². The summed E-state index contributed by atoms with van der Waals surface area (Å²) in [6, 6.07) is 11.0. The van der Waals surface area contributed by atoms with E-state index in [2.05, 4.69) is 16.0 Å². The molecule has 2 aliphatic rings. The molecule has 2 aromatic rings. The number of fused-ring (bicyclic) bond motifs is 1. The summed E-state index contributed by atoms with van der Waals surface area (Å²) >= 11 is 0. The van der Waals surface area contributed by atoms with Gasteiger partial charge in [-0.1, -0.05) is 25.3 Å². The van der Waals surface area contributed by atoms with Gasteiger partial charge in [0.25, 0.3) is 11.8 Å². The van der Waals surface area contributed by atoms with E-state index in [1.165, 1.54) is 0 Å². The number of hydrogen-bond acceptors (Lipinski definition) is 9. The van der Waals surface area contributed by atoms with Gasteiger partial charge in [-0.25, -0.2) is 5.48 Å². The summed E-state index contributed by atoms with van der Waals surface area (Å²) in [6.07, 6.45) is 6.17. The third-order valence-electron chi connectivity index (χ3n) is 8.45. The molecule has 14 heteroatoms. The van der Waals surface area contributed by atoms with E-state index in [0.717, 1.165) is 30.6 Å². The first-order chi connectivity index (χ1) is 23.1. The molecule has 2 aliphatic heterocycles. The van der Waals surface area contributed by atoms with Crippen molar-refractivity contribution in [2.24, 2.45) is 0 Å². The summed E-state index contributed by atoms with van der Waals surface area (Å²) in [5, 5.41) is 16.7. The Morgan fingerprint density at radius 2 is 1.52 bits per heavy atom. The molecule has 0 aliphatic carbocycles. The molecule has 1 unspecified atom stereocenters. The molecule has 0 saturated carbocycles. The van der Waals surface area contributed by atoms with E-state index < -0.39 is 35.6 Å². The van der Waals surface area contributed by atoms with E-state index >= 15 is 0 Å². The Bertz CT molecular complexity index is 1540. The van der Waals surface area contributed by atoms with Crippen molar-refractivity contribution in [3.8, 4) is 0 Å². The second-order valence-electron chi connectivity index (χ2n) is 11.9. The second kappa shape index (κ2) is 17.2. The highest BCUT2D eigenvalue weighted by molar-refractivity contribution is 6.25. The highest BCUT2D eigenvalue weighted by Gasteiger charge is 2.45. The summed E-state index contributed by atoms with van der Waals surface area (Å²) in [5.41, 5.74) is 3.87. The second-order valence-corrected chi connectivity index (χ2v) is 11.9. The van der Waals surface area contributed by atoms with E-state index in [9.17, 15) is 33.6 Å². The molecule has 0 spiro atoms. The van der Waals surface area contributed by atoms with Crippen LogP contribution in [-0.2, 0) is 24.0 Å². The zero-order valence-electron chi connectivity index (χ0n) is 27.0. The van der Waals surface area contributed by atoms with Crippen molar-refractivity contribution in [2.45, 2.75) is 83.1 Å². The summed E-state index contributed by atoms with van der Waals surface area (Å²) < 4.78 is 0. The number of hydroxylamine groups is 1. The molecule has 14 nitrogen and oxygen atoms in total. The number of amides is 7. The van der Waals surface area contributed by atoms with E-state index in [-0.39, 0.29) is 42.2 Å². The topological polar surface area (TPSA) is 194 Å². The van der Waals surface area contributed by atoms with Crippen LogP contribution in [0.15, 0.2) is 42.5 Å². The number of imide groups is 2. The monoisotopic (exact) mass is 662 g/mol. The maximum Gasteiger partial charge on any atom is 0.264 e. The Kier molecular flexibility index (Phi) is 12.8. The van der Waals surface area contributed by atoms with Gasteiger partial charge in [0.15, 0.2) is 0 Å². The number of anilines is 3. The maximum atomic E-state index is 13.2. The normalized spacial score (nSPS) is 15.5. The summed E-state index contributed by atoms with van der Waals surface area (Å²) in [4.78, 5) is 88.6. The minimum absolute atomic E-state index is 0.0465. The highest BCUT2D eigenvalue weighted by atomic mass is 16.5. The van der Waals surface area contributed by atoms with Crippen molar-refractivity contribution in [3.63, 3.8) is 0 Å². The van der Waals surface area contributed by atoms with Gasteiger partial charge in [0.2, 0.25) is 29.5 Å². The molecule has 0 radical (unpaired) electrons. The lowest BCUT2D eigenvalue weighted by Gasteiger charge is -2.27. The summed E-state index contributed by atoms with van der Waals surface area (Å²) in [6.45, 7) is 0.511. The van der Waals surface area contributed by atoms with Crippen LogP contribution in [0.25, 0.3) is 0 Å². The molecular weight excluding hydrogens is 620 g/mol. The number of nitrogens with zero attached hydrogens (tertiary/aromatic N) is 2. The van der Waals surface area contributed by atoms with Crippen LogP contribution in [0.3, 0.4) is 0 Å². The molecule has 0 aromatic heterocycles. The number of benzene rings is 2. The van der Waals surface area contributed by atoms with Crippen LogP contribution in [0.5, 0.6) is 0 Å². The summed E-state index contributed by atoms with van der Waals surface area (Å²) in [5.74, 6) is -2.76. The van der Waals surface area contributed by atoms with Crippen LogP contribution >= 0.6 is 0 Å². The molecule has 4 rings (SSSR count). The molecule has 0 bridgehead atoms. The average molecular weight is 663 g/mol. The molecule has 2 aromatic carbocycles. The highest BCUT2D eigenvalue weighted by Crippen LogP contribution is 2.32. The van der Waals surface area contributed by atoms with Gasteiger partial charge in [-0.15, -0.1) is 0 Å². The van der Waals surface area contributed by atoms with Gasteiger partial charge in [0, 0.05) is 56.3 Å². The first kappa shape index (κ1) is 35.7. The Hall–Kier alpha value is -5.11. The van der Waals surface area contributed by atoms with Crippen LogP contribution in [0.2, 0.25) is 0 Å². The predicted octanol–water partition coefficient (Wildman–Crippen LogP) is 3.51. The van der Waals surface area contributed by atoms with Crippen molar-refractivity contribution in [1.82, 2.24) is 15.7 Å². The molecule has 256 valence electrons. The average Bonchev–Trinajstić information content (AvgIpc) is 3.33. The standard InChI is InChI=1S/C34H42N6O8/c1-39(23-17-15-22(16-18-23)36-27(41)12-5-2-3-6-13-29(43)38-48)30(44)14-7-4-8-21-35-25-11-9-10-24-31(25)34(47)40(33(24)46)26-19-20-28(42)37-32(26)45/h9-11,15-18,26,35,48H,2-8,12-14,19-21H2,1H3,(H,36,41)(H,38,43)(H,37,42,45). The van der Waals surface area contributed by atoms with Crippen molar-refractivity contribution in [3.05, 3.63) is 53.6 Å². The van der Waals surface area contributed by atoms with Gasteiger partial charge >= 0.3 is 0 Å². The van der Waals surface area contributed by atoms with Crippen molar-refractivity contribution >= 4 is 58.4 Å². The number of nitrogens with one attached hydrogen (secondary N) is 4. The number of rotatable bonds is 17. The minimum Gasteiger partial charge on any atom is -0.384 e. The first-order valence-electron chi connectivity index (χ1n) is 16.3. The lowest BCUT2D eigenvalue weighted by molar-refractivity contribution is -0.136.